The van der Waals surface area contributed by atoms with Crippen molar-refractivity contribution in [2.45, 2.75) is 31.6 Å². The summed E-state index contributed by atoms with van der Waals surface area (Å²) in [5.74, 6) is -1.40. The van der Waals surface area contributed by atoms with Gasteiger partial charge in [-0.15, -0.1) is 0 Å². The van der Waals surface area contributed by atoms with Crippen LogP contribution < -0.4 is 26.2 Å². The number of carbonyl (C=O) groups excluding carboxylic acids is 2. The first-order valence-electron chi connectivity index (χ1n) is 12.8. The molecule has 2 aromatic carbocycles. The maximum absolute atomic E-state index is 14.9. The molecule has 3 amide bonds. The fourth-order valence-corrected chi connectivity index (χ4v) is 4.77. The van der Waals surface area contributed by atoms with Crippen LogP contribution in [0.1, 0.15) is 28.8 Å². The summed E-state index contributed by atoms with van der Waals surface area (Å²) in [5, 5.41) is 11.8. The van der Waals surface area contributed by atoms with Gasteiger partial charge in [0.1, 0.15) is 5.82 Å². The lowest BCUT2D eigenvalue weighted by molar-refractivity contribution is -0.138. The molecule has 0 saturated carbocycles. The van der Waals surface area contributed by atoms with Crippen molar-refractivity contribution >= 4 is 34.9 Å². The van der Waals surface area contributed by atoms with E-state index < -0.39 is 24.3 Å². The number of benzene rings is 2. The van der Waals surface area contributed by atoms with Gasteiger partial charge in [0.05, 0.1) is 23.4 Å². The highest BCUT2D eigenvalue weighted by molar-refractivity contribution is 6.31. The standard InChI is InChI=1S/C26H31ClF4N6O2/c27-18-2-4-22(23(14-18)37-11-9-36(10-12-37)8-6-26(29,30)31)35-24(38)20-3-1-17(13-21(20)28)15-33-25(39)34-19-5-7-32-16-19/h1-4,13-14,19,32H,5-12,15-16H2,(H,35,38)(H2,33,34,39)/t19-/m1/s1. The van der Waals surface area contributed by atoms with E-state index in [1.807, 2.05) is 4.90 Å². The van der Waals surface area contributed by atoms with Crippen LogP contribution in [-0.2, 0) is 6.54 Å². The van der Waals surface area contributed by atoms with Crippen LogP contribution in [0.5, 0.6) is 0 Å². The van der Waals surface area contributed by atoms with Gasteiger partial charge in [0.25, 0.3) is 5.91 Å². The van der Waals surface area contributed by atoms with Crippen molar-refractivity contribution < 1.29 is 27.2 Å². The van der Waals surface area contributed by atoms with Gasteiger partial charge in [0, 0.05) is 56.9 Å². The van der Waals surface area contributed by atoms with Crippen molar-refractivity contribution in [2.75, 3.05) is 56.0 Å². The van der Waals surface area contributed by atoms with Crippen molar-refractivity contribution in [3.63, 3.8) is 0 Å². The SMILES string of the molecule is O=C(NCc1ccc(C(=O)Nc2ccc(Cl)cc2N2CCN(CCC(F)(F)F)CC2)c(F)c1)N[C@@H]1CCNC1. The summed E-state index contributed by atoms with van der Waals surface area (Å²) in [6.45, 7) is 3.33. The highest BCUT2D eigenvalue weighted by Crippen LogP contribution is 2.31. The third-order valence-corrected chi connectivity index (χ3v) is 6.99. The van der Waals surface area contributed by atoms with Crippen LogP contribution >= 0.6 is 11.6 Å². The summed E-state index contributed by atoms with van der Waals surface area (Å²) in [4.78, 5) is 28.7. The molecule has 2 fully saturated rings. The number of amides is 3. The average molecular weight is 571 g/mol. The summed E-state index contributed by atoms with van der Waals surface area (Å²) in [5.41, 5.74) is 1.35. The van der Waals surface area contributed by atoms with Gasteiger partial charge in [0.2, 0.25) is 0 Å². The predicted molar refractivity (Wildman–Crippen MR) is 142 cm³/mol. The van der Waals surface area contributed by atoms with Gasteiger partial charge >= 0.3 is 12.2 Å². The first-order chi connectivity index (χ1) is 18.6. The minimum absolute atomic E-state index is 0.0591. The minimum atomic E-state index is -4.20. The third kappa shape index (κ3) is 8.45. The van der Waals surface area contributed by atoms with Gasteiger partial charge in [-0.3, -0.25) is 9.69 Å². The Morgan fingerprint density at radius 2 is 1.85 bits per heavy atom. The Morgan fingerprint density at radius 1 is 1.08 bits per heavy atom. The summed E-state index contributed by atoms with van der Waals surface area (Å²) in [7, 11) is 0. The fourth-order valence-electron chi connectivity index (χ4n) is 4.61. The predicted octanol–water partition coefficient (Wildman–Crippen LogP) is 3.97. The lowest BCUT2D eigenvalue weighted by Gasteiger charge is -2.37. The Kier molecular flexibility index (Phi) is 9.52. The molecule has 13 heteroatoms. The number of alkyl halides is 3. The van der Waals surface area contributed by atoms with Crippen molar-refractivity contribution in [1.29, 1.82) is 0 Å². The normalized spacial score (nSPS) is 18.2. The second-order valence-corrected chi connectivity index (χ2v) is 10.1. The average Bonchev–Trinajstić information content (AvgIpc) is 3.40. The largest absolute Gasteiger partial charge is 0.390 e. The zero-order valence-electron chi connectivity index (χ0n) is 21.2. The van der Waals surface area contributed by atoms with Gasteiger partial charge in [-0.05, 0) is 48.9 Å². The molecule has 0 aliphatic carbocycles. The maximum Gasteiger partial charge on any atom is 0.390 e. The monoisotopic (exact) mass is 570 g/mol. The minimum Gasteiger partial charge on any atom is -0.367 e. The molecule has 8 nitrogen and oxygen atoms in total. The van der Waals surface area contributed by atoms with E-state index in [4.69, 9.17) is 11.6 Å². The maximum atomic E-state index is 14.9. The number of carbonyl (C=O) groups is 2. The van der Waals surface area contributed by atoms with Gasteiger partial charge < -0.3 is 26.2 Å². The number of nitrogens with zero attached hydrogens (tertiary/aromatic N) is 2. The molecular formula is C26H31ClF4N6O2. The molecule has 4 rings (SSSR count). The number of rotatable bonds is 8. The second kappa shape index (κ2) is 12.8. The molecule has 2 aliphatic heterocycles. The first kappa shape index (κ1) is 28.9. The van der Waals surface area contributed by atoms with Crippen LogP contribution in [0.2, 0.25) is 5.02 Å². The number of urea groups is 1. The summed E-state index contributed by atoms with van der Waals surface area (Å²) in [6, 6.07) is 8.72. The molecule has 2 aliphatic rings. The van der Waals surface area contributed by atoms with Crippen LogP contribution in [0.25, 0.3) is 0 Å². The van der Waals surface area contributed by atoms with Gasteiger partial charge in [-0.1, -0.05) is 17.7 Å². The van der Waals surface area contributed by atoms with E-state index in [1.165, 1.54) is 12.1 Å². The Bertz CT molecular complexity index is 1170. The molecule has 0 spiro atoms. The molecule has 2 heterocycles. The summed E-state index contributed by atoms with van der Waals surface area (Å²) >= 11 is 6.19. The van der Waals surface area contributed by atoms with Gasteiger partial charge in [0.15, 0.2) is 0 Å². The fraction of sp³-hybridized carbons (Fsp3) is 0.462. The van der Waals surface area contributed by atoms with E-state index >= 15 is 0 Å². The molecule has 212 valence electrons. The molecule has 2 saturated heterocycles. The molecule has 0 bridgehead atoms. The van der Waals surface area contributed by atoms with Crippen molar-refractivity contribution in [2.24, 2.45) is 0 Å². The molecule has 4 N–H and O–H groups in total. The molecule has 0 radical (unpaired) electrons. The lowest BCUT2D eigenvalue weighted by atomic mass is 10.1. The van der Waals surface area contributed by atoms with E-state index in [0.717, 1.165) is 13.0 Å². The Balaban J connectivity index is 1.35. The number of halogens is 5. The van der Waals surface area contributed by atoms with E-state index in [9.17, 15) is 27.2 Å². The molecular weight excluding hydrogens is 540 g/mol. The Hall–Kier alpha value is -3.09. The Labute approximate surface area is 229 Å². The summed E-state index contributed by atoms with van der Waals surface area (Å²) < 4.78 is 52.5. The van der Waals surface area contributed by atoms with E-state index in [0.29, 0.717) is 54.7 Å². The highest BCUT2D eigenvalue weighted by Gasteiger charge is 2.29. The number of hydrogen-bond acceptors (Lipinski definition) is 5. The summed E-state index contributed by atoms with van der Waals surface area (Å²) in [6.07, 6.45) is -4.22. The zero-order valence-corrected chi connectivity index (χ0v) is 22.0. The van der Waals surface area contributed by atoms with Crippen LogP contribution in [0.4, 0.5) is 33.7 Å². The zero-order chi connectivity index (χ0) is 28.0. The smallest absolute Gasteiger partial charge is 0.367 e. The second-order valence-electron chi connectivity index (χ2n) is 9.64. The highest BCUT2D eigenvalue weighted by atomic mass is 35.5. The molecule has 1 atom stereocenters. The molecule has 0 aromatic heterocycles. The number of nitrogens with one attached hydrogen (secondary N) is 4. The number of hydrogen-bond donors (Lipinski definition) is 4. The van der Waals surface area contributed by atoms with E-state index in [1.54, 1.807) is 29.2 Å². The quantitative estimate of drug-likeness (QED) is 0.361. The topological polar surface area (TPSA) is 88.7 Å². The lowest BCUT2D eigenvalue weighted by Crippen LogP contribution is -2.47. The Morgan fingerprint density at radius 3 is 2.51 bits per heavy atom. The van der Waals surface area contributed by atoms with Crippen LogP contribution in [0.15, 0.2) is 36.4 Å². The van der Waals surface area contributed by atoms with Crippen LogP contribution in [0.3, 0.4) is 0 Å². The van der Waals surface area contributed by atoms with Crippen molar-refractivity contribution in [3.8, 4) is 0 Å². The molecule has 2 aromatic rings. The first-order valence-corrected chi connectivity index (χ1v) is 13.1. The molecule has 0 unspecified atom stereocenters. The molecule has 39 heavy (non-hydrogen) atoms. The van der Waals surface area contributed by atoms with E-state index in [2.05, 4.69) is 21.3 Å². The van der Waals surface area contributed by atoms with Crippen molar-refractivity contribution in [3.05, 3.63) is 58.4 Å². The van der Waals surface area contributed by atoms with E-state index in [-0.39, 0.29) is 30.7 Å². The van der Waals surface area contributed by atoms with Crippen molar-refractivity contribution in [1.82, 2.24) is 20.9 Å². The van der Waals surface area contributed by atoms with Crippen LogP contribution in [0, 0.1) is 5.82 Å². The third-order valence-electron chi connectivity index (χ3n) is 6.76. The van der Waals surface area contributed by atoms with Gasteiger partial charge in [-0.2, -0.15) is 13.2 Å². The van der Waals surface area contributed by atoms with Crippen LogP contribution in [-0.4, -0.2) is 74.9 Å². The number of piperazine rings is 1. The number of anilines is 2. The van der Waals surface area contributed by atoms with Gasteiger partial charge in [-0.25, -0.2) is 9.18 Å².